The lowest BCUT2D eigenvalue weighted by molar-refractivity contribution is -0.139. The molecular weight excluding hydrogens is 294 g/mol. The van der Waals surface area contributed by atoms with Crippen molar-refractivity contribution in [3.63, 3.8) is 0 Å². The van der Waals surface area contributed by atoms with Crippen LogP contribution in [0.4, 0.5) is 5.69 Å². The summed E-state index contributed by atoms with van der Waals surface area (Å²) in [5.74, 6) is -0.134. The summed E-state index contributed by atoms with van der Waals surface area (Å²) in [4.78, 5) is 23.7. The average molecular weight is 309 g/mol. The number of hydrogen-bond donors (Lipinski definition) is 1. The van der Waals surface area contributed by atoms with Gasteiger partial charge in [-0.15, -0.1) is 0 Å². The molecule has 0 bridgehead atoms. The number of ether oxygens (including phenoxy) is 2. The van der Waals surface area contributed by atoms with Gasteiger partial charge in [-0.3, -0.25) is 9.59 Å². The van der Waals surface area contributed by atoms with Crippen molar-refractivity contribution in [2.45, 2.75) is 11.8 Å². The van der Waals surface area contributed by atoms with E-state index in [-0.39, 0.29) is 30.3 Å². The Bertz CT molecular complexity index is 772. The van der Waals surface area contributed by atoms with Gasteiger partial charge in [0.05, 0.1) is 18.2 Å². The summed E-state index contributed by atoms with van der Waals surface area (Å²) in [5, 5.41) is 2.80. The van der Waals surface area contributed by atoms with Gasteiger partial charge in [0.1, 0.15) is 5.75 Å². The highest BCUT2D eigenvalue weighted by atomic mass is 16.5. The molecule has 1 N–H and O–H groups in total. The van der Waals surface area contributed by atoms with Gasteiger partial charge in [-0.25, -0.2) is 0 Å². The highest BCUT2D eigenvalue weighted by molar-refractivity contribution is 5.95. The molecule has 0 spiro atoms. The molecule has 116 valence electrons. The lowest BCUT2D eigenvalue weighted by Gasteiger charge is -2.21. The molecule has 2 aliphatic heterocycles. The third kappa shape index (κ3) is 2.44. The van der Waals surface area contributed by atoms with Gasteiger partial charge in [-0.05, 0) is 23.3 Å². The first-order valence-electron chi connectivity index (χ1n) is 7.50. The van der Waals surface area contributed by atoms with Crippen LogP contribution in [0.1, 0.15) is 23.0 Å². The van der Waals surface area contributed by atoms with Crippen LogP contribution >= 0.6 is 0 Å². The number of rotatable bonds is 2. The second-order valence-electron chi connectivity index (χ2n) is 5.72. The average Bonchev–Trinajstić information content (AvgIpc) is 2.96. The van der Waals surface area contributed by atoms with E-state index in [0.717, 1.165) is 11.1 Å². The molecule has 0 aromatic heterocycles. The minimum Gasteiger partial charge on any atom is -0.482 e. The summed E-state index contributed by atoms with van der Waals surface area (Å²) >= 11 is 0. The Labute approximate surface area is 133 Å². The first-order chi connectivity index (χ1) is 11.2. The number of fused-ring (bicyclic) bond motifs is 1. The van der Waals surface area contributed by atoms with Gasteiger partial charge >= 0.3 is 5.97 Å². The third-order valence-electron chi connectivity index (χ3n) is 4.28. The summed E-state index contributed by atoms with van der Waals surface area (Å²) in [6.45, 7) is 0.371. The highest BCUT2D eigenvalue weighted by Crippen LogP contribution is 2.41. The van der Waals surface area contributed by atoms with Crippen LogP contribution in [0.5, 0.6) is 5.75 Å². The number of esters is 1. The molecule has 1 saturated heterocycles. The zero-order valence-electron chi connectivity index (χ0n) is 12.3. The van der Waals surface area contributed by atoms with Crippen LogP contribution in [-0.4, -0.2) is 25.1 Å². The number of benzene rings is 2. The molecule has 0 aliphatic carbocycles. The number of cyclic esters (lactones) is 1. The van der Waals surface area contributed by atoms with Crippen LogP contribution in [0, 0.1) is 0 Å². The fraction of sp³-hybridized carbons (Fsp3) is 0.222. The van der Waals surface area contributed by atoms with E-state index in [4.69, 9.17) is 9.47 Å². The number of carbonyl (C=O) groups excluding carboxylic acids is 2. The molecule has 2 atom stereocenters. The quantitative estimate of drug-likeness (QED) is 0.865. The van der Waals surface area contributed by atoms with E-state index in [1.165, 1.54) is 0 Å². The Morgan fingerprint density at radius 3 is 2.61 bits per heavy atom. The summed E-state index contributed by atoms with van der Waals surface area (Å²) in [5.41, 5.74) is 2.54. The molecule has 2 aromatic carbocycles. The van der Waals surface area contributed by atoms with Crippen molar-refractivity contribution in [3.05, 3.63) is 59.7 Å². The minimum atomic E-state index is -0.325. The van der Waals surface area contributed by atoms with Crippen molar-refractivity contribution >= 4 is 17.6 Å². The van der Waals surface area contributed by atoms with Gasteiger partial charge in [0.2, 0.25) is 0 Å². The van der Waals surface area contributed by atoms with Crippen LogP contribution in [0.15, 0.2) is 48.5 Å². The number of hydrogen-bond acceptors (Lipinski definition) is 4. The standard InChI is InChI=1S/C18H15NO4/c20-16-10-22-15-7-6-12(8-14(15)19-16)13-9-23-18(21)17(13)11-4-2-1-3-5-11/h1-8,13,17H,9-10H2,(H,19,20)/t13-,17+/m1/s1. The van der Waals surface area contributed by atoms with Crippen molar-refractivity contribution < 1.29 is 19.1 Å². The molecule has 4 rings (SSSR count). The molecule has 0 unspecified atom stereocenters. The smallest absolute Gasteiger partial charge is 0.314 e. The van der Waals surface area contributed by atoms with Crippen LogP contribution in [0.25, 0.3) is 0 Å². The molecule has 0 radical (unpaired) electrons. The Morgan fingerprint density at radius 1 is 0.957 bits per heavy atom. The number of amides is 1. The molecule has 2 aliphatic rings. The van der Waals surface area contributed by atoms with Crippen molar-refractivity contribution in [1.29, 1.82) is 0 Å². The molecule has 23 heavy (non-hydrogen) atoms. The topological polar surface area (TPSA) is 64.6 Å². The van der Waals surface area contributed by atoms with Gasteiger partial charge < -0.3 is 14.8 Å². The van der Waals surface area contributed by atoms with Crippen LogP contribution < -0.4 is 10.1 Å². The van der Waals surface area contributed by atoms with Gasteiger partial charge in [0.25, 0.3) is 5.91 Å². The van der Waals surface area contributed by atoms with E-state index in [1.54, 1.807) is 0 Å². The summed E-state index contributed by atoms with van der Waals surface area (Å²) < 4.78 is 10.7. The molecule has 2 aromatic rings. The van der Waals surface area contributed by atoms with Gasteiger partial charge in [-0.1, -0.05) is 36.4 Å². The molecular formula is C18H15NO4. The predicted molar refractivity (Wildman–Crippen MR) is 83.4 cm³/mol. The first kappa shape index (κ1) is 13.8. The second-order valence-corrected chi connectivity index (χ2v) is 5.72. The third-order valence-corrected chi connectivity index (χ3v) is 4.28. The molecule has 1 fully saturated rings. The Kier molecular flexibility index (Phi) is 3.26. The normalized spacial score (nSPS) is 22.8. The zero-order chi connectivity index (χ0) is 15.8. The number of nitrogens with one attached hydrogen (secondary N) is 1. The van der Waals surface area contributed by atoms with Crippen LogP contribution in [0.2, 0.25) is 0 Å². The SMILES string of the molecule is O=C1COc2ccc([C@H]3COC(=O)[C@H]3c3ccccc3)cc2N1. The van der Waals surface area contributed by atoms with Crippen molar-refractivity contribution in [3.8, 4) is 5.75 Å². The van der Waals surface area contributed by atoms with E-state index in [9.17, 15) is 9.59 Å². The van der Waals surface area contributed by atoms with E-state index in [1.807, 2.05) is 48.5 Å². The largest absolute Gasteiger partial charge is 0.482 e. The lowest BCUT2D eigenvalue weighted by atomic mass is 9.83. The van der Waals surface area contributed by atoms with Gasteiger partial charge in [0, 0.05) is 5.92 Å². The van der Waals surface area contributed by atoms with Gasteiger partial charge in [0.15, 0.2) is 6.61 Å². The number of carbonyl (C=O) groups is 2. The van der Waals surface area contributed by atoms with Crippen molar-refractivity contribution in [2.75, 3.05) is 18.5 Å². The summed E-state index contributed by atoms with van der Waals surface area (Å²) in [6.07, 6.45) is 0. The van der Waals surface area contributed by atoms with Crippen LogP contribution in [0.3, 0.4) is 0 Å². The maximum Gasteiger partial charge on any atom is 0.314 e. The fourth-order valence-electron chi connectivity index (χ4n) is 3.17. The van der Waals surface area contributed by atoms with Crippen molar-refractivity contribution in [2.24, 2.45) is 0 Å². The maximum absolute atomic E-state index is 12.2. The Balaban J connectivity index is 1.71. The number of anilines is 1. The molecule has 1 amide bonds. The molecule has 5 nitrogen and oxygen atoms in total. The second kappa shape index (κ2) is 5.43. The van der Waals surface area contributed by atoms with Gasteiger partial charge in [-0.2, -0.15) is 0 Å². The maximum atomic E-state index is 12.2. The molecule has 0 saturated carbocycles. The Morgan fingerprint density at radius 2 is 1.78 bits per heavy atom. The highest BCUT2D eigenvalue weighted by Gasteiger charge is 2.39. The molecule has 5 heteroatoms. The fourth-order valence-corrected chi connectivity index (χ4v) is 3.17. The molecule has 2 heterocycles. The van der Waals surface area contributed by atoms with E-state index >= 15 is 0 Å². The Hall–Kier alpha value is -2.82. The minimum absolute atomic E-state index is 0.0318. The first-order valence-corrected chi connectivity index (χ1v) is 7.50. The van der Waals surface area contributed by atoms with Crippen molar-refractivity contribution in [1.82, 2.24) is 0 Å². The predicted octanol–water partition coefficient (Wildman–Crippen LogP) is 2.44. The lowest BCUT2D eigenvalue weighted by Crippen LogP contribution is -2.25. The van der Waals surface area contributed by atoms with Crippen LogP contribution in [-0.2, 0) is 14.3 Å². The summed E-state index contributed by atoms with van der Waals surface area (Å²) in [6, 6.07) is 15.3. The zero-order valence-corrected chi connectivity index (χ0v) is 12.3. The summed E-state index contributed by atoms with van der Waals surface area (Å²) in [7, 11) is 0. The van der Waals surface area contributed by atoms with E-state index in [2.05, 4.69) is 5.32 Å². The van der Waals surface area contributed by atoms with E-state index in [0.29, 0.717) is 18.0 Å². The monoisotopic (exact) mass is 309 g/mol. The van der Waals surface area contributed by atoms with E-state index < -0.39 is 0 Å².